The number of hydrogen-bond acceptors (Lipinski definition) is 6. The first-order valence-corrected chi connectivity index (χ1v) is 14.5. The Kier molecular flexibility index (Phi) is 7.87. The van der Waals surface area contributed by atoms with Crippen molar-refractivity contribution >= 4 is 45.0 Å². The van der Waals surface area contributed by atoms with Gasteiger partial charge in [0.25, 0.3) is 21.8 Å². The number of hydrogen-bond donors (Lipinski definition) is 2. The number of fused-ring (bicyclic) bond motifs is 1. The summed E-state index contributed by atoms with van der Waals surface area (Å²) in [7, 11) is -4.05. The highest BCUT2D eigenvalue weighted by atomic mass is 35.5. The highest BCUT2D eigenvalue weighted by Gasteiger charge is 2.35. The number of halogens is 1. The molecule has 11 heteroatoms. The maximum atomic E-state index is 13.7. The van der Waals surface area contributed by atoms with Crippen LogP contribution in [-0.2, 0) is 27.8 Å². The van der Waals surface area contributed by atoms with Crippen molar-refractivity contribution in [3.63, 3.8) is 0 Å². The van der Waals surface area contributed by atoms with Crippen LogP contribution in [0.2, 0.25) is 5.02 Å². The van der Waals surface area contributed by atoms with Crippen LogP contribution >= 0.6 is 11.6 Å². The van der Waals surface area contributed by atoms with E-state index in [-0.39, 0.29) is 35.2 Å². The number of carbonyl (C=O) groups is 3. The van der Waals surface area contributed by atoms with Gasteiger partial charge in [-0.2, -0.15) is 0 Å². The standard InChI is InChI=1S/C30H25ClN4O5S/c1-19-4-11-24(12-5-19)41(39,40)34-28(36)22-8-6-20(7-9-22)18-35-27(15-21-3-2-14-32-17-21)29(37)33-26-16-23(31)10-13-25(26)30(35)38/h2-14,16-17,27H,15,18H2,1H3,(H,33,37)(H,34,36)/t27-/m1/s1. The average Bonchev–Trinajstić information content (AvgIpc) is 3.03. The van der Waals surface area contributed by atoms with E-state index in [2.05, 4.69) is 15.0 Å². The van der Waals surface area contributed by atoms with Gasteiger partial charge in [0.1, 0.15) is 6.04 Å². The van der Waals surface area contributed by atoms with Crippen LogP contribution in [-0.4, -0.2) is 42.1 Å². The van der Waals surface area contributed by atoms with Crippen molar-refractivity contribution in [2.24, 2.45) is 0 Å². The fraction of sp³-hybridized carbons (Fsp3) is 0.133. The van der Waals surface area contributed by atoms with Crippen molar-refractivity contribution in [1.82, 2.24) is 14.6 Å². The number of rotatable bonds is 7. The second-order valence-corrected chi connectivity index (χ2v) is 11.8. The van der Waals surface area contributed by atoms with Gasteiger partial charge < -0.3 is 10.2 Å². The number of aryl methyl sites for hydroxylation is 1. The zero-order valence-corrected chi connectivity index (χ0v) is 23.4. The summed E-state index contributed by atoms with van der Waals surface area (Å²) in [5, 5.41) is 3.21. The van der Waals surface area contributed by atoms with Crippen molar-refractivity contribution in [2.45, 2.75) is 30.8 Å². The maximum Gasteiger partial charge on any atom is 0.264 e. The number of pyridine rings is 1. The Morgan fingerprint density at radius 2 is 1.73 bits per heavy atom. The molecule has 0 saturated carbocycles. The molecule has 1 atom stereocenters. The van der Waals surface area contributed by atoms with E-state index in [0.717, 1.165) is 11.1 Å². The van der Waals surface area contributed by atoms with Crippen molar-refractivity contribution in [3.05, 3.63) is 124 Å². The third-order valence-corrected chi connectivity index (χ3v) is 8.27. The Labute approximate surface area is 242 Å². The summed E-state index contributed by atoms with van der Waals surface area (Å²) in [4.78, 5) is 45.4. The lowest BCUT2D eigenvalue weighted by molar-refractivity contribution is -0.120. The van der Waals surface area contributed by atoms with Gasteiger partial charge in [-0.15, -0.1) is 0 Å². The summed E-state index contributed by atoms with van der Waals surface area (Å²) < 4.78 is 27.4. The lowest BCUT2D eigenvalue weighted by atomic mass is 10.0. The molecule has 4 aromatic rings. The minimum absolute atomic E-state index is 0.0211. The van der Waals surface area contributed by atoms with E-state index in [9.17, 15) is 22.8 Å². The van der Waals surface area contributed by atoms with Gasteiger partial charge in [0.05, 0.1) is 16.1 Å². The van der Waals surface area contributed by atoms with Gasteiger partial charge in [-0.1, -0.05) is 47.5 Å². The normalized spacial score (nSPS) is 15.1. The Bertz CT molecular complexity index is 1730. The summed E-state index contributed by atoms with van der Waals surface area (Å²) in [6, 6.07) is 19.7. The van der Waals surface area contributed by atoms with E-state index in [4.69, 9.17) is 11.6 Å². The molecule has 2 N–H and O–H groups in total. The predicted octanol–water partition coefficient (Wildman–Crippen LogP) is 4.37. The lowest BCUT2D eigenvalue weighted by Crippen LogP contribution is -2.46. The second-order valence-electron chi connectivity index (χ2n) is 9.64. The molecule has 0 radical (unpaired) electrons. The summed E-state index contributed by atoms with van der Waals surface area (Å²) >= 11 is 6.12. The van der Waals surface area contributed by atoms with Crippen molar-refractivity contribution in [1.29, 1.82) is 0 Å². The van der Waals surface area contributed by atoms with Crippen molar-refractivity contribution in [2.75, 3.05) is 5.32 Å². The van der Waals surface area contributed by atoms with Crippen LogP contribution in [0.3, 0.4) is 0 Å². The molecule has 0 saturated heterocycles. The Balaban J connectivity index is 1.39. The van der Waals surface area contributed by atoms with E-state index >= 15 is 0 Å². The molecule has 3 aromatic carbocycles. The quantitative estimate of drug-likeness (QED) is 0.330. The molecular weight excluding hydrogens is 564 g/mol. The molecule has 3 amide bonds. The number of sulfonamides is 1. The minimum Gasteiger partial charge on any atom is -0.323 e. The predicted molar refractivity (Wildman–Crippen MR) is 154 cm³/mol. The van der Waals surface area contributed by atoms with E-state index in [1.54, 1.807) is 54.9 Å². The zero-order chi connectivity index (χ0) is 29.1. The van der Waals surface area contributed by atoms with Gasteiger partial charge in [-0.3, -0.25) is 19.4 Å². The van der Waals surface area contributed by atoms with Crippen LogP contribution in [0.25, 0.3) is 0 Å². The molecule has 0 spiro atoms. The number of amides is 3. The number of nitrogens with one attached hydrogen (secondary N) is 2. The Hall–Kier alpha value is -4.54. The van der Waals surface area contributed by atoms with Gasteiger partial charge >= 0.3 is 0 Å². The molecule has 2 heterocycles. The van der Waals surface area contributed by atoms with Crippen LogP contribution < -0.4 is 10.0 Å². The van der Waals surface area contributed by atoms with Gasteiger partial charge in [0, 0.05) is 35.9 Å². The molecule has 0 fully saturated rings. The van der Waals surface area contributed by atoms with Crippen LogP contribution in [0.15, 0.2) is 96.2 Å². The third-order valence-electron chi connectivity index (χ3n) is 6.69. The van der Waals surface area contributed by atoms with Gasteiger partial charge in [-0.05, 0) is 66.6 Å². The van der Waals surface area contributed by atoms with Crippen molar-refractivity contribution in [3.8, 4) is 0 Å². The molecule has 9 nitrogen and oxygen atoms in total. The molecule has 208 valence electrons. The average molecular weight is 589 g/mol. The first kappa shape index (κ1) is 28.0. The fourth-order valence-corrected chi connectivity index (χ4v) is 5.65. The second kappa shape index (κ2) is 11.5. The number of carbonyl (C=O) groups excluding carboxylic acids is 3. The van der Waals surface area contributed by atoms with Crippen LogP contribution in [0.4, 0.5) is 5.69 Å². The van der Waals surface area contributed by atoms with Crippen LogP contribution in [0.5, 0.6) is 0 Å². The highest BCUT2D eigenvalue weighted by molar-refractivity contribution is 7.90. The van der Waals surface area contributed by atoms with Gasteiger partial charge in [-0.25, -0.2) is 13.1 Å². The largest absolute Gasteiger partial charge is 0.323 e. The molecule has 1 aliphatic rings. The van der Waals surface area contributed by atoms with Crippen molar-refractivity contribution < 1.29 is 22.8 Å². The van der Waals surface area contributed by atoms with E-state index in [0.29, 0.717) is 21.8 Å². The zero-order valence-electron chi connectivity index (χ0n) is 21.9. The van der Waals surface area contributed by atoms with E-state index in [1.165, 1.54) is 35.2 Å². The molecular formula is C30H25ClN4O5S. The molecule has 1 aliphatic heterocycles. The smallest absolute Gasteiger partial charge is 0.264 e. The molecule has 0 unspecified atom stereocenters. The molecule has 0 bridgehead atoms. The Morgan fingerprint density at radius 3 is 2.41 bits per heavy atom. The van der Waals surface area contributed by atoms with E-state index < -0.39 is 22.0 Å². The number of aromatic nitrogens is 1. The molecule has 41 heavy (non-hydrogen) atoms. The lowest BCUT2D eigenvalue weighted by Gasteiger charge is -2.29. The van der Waals surface area contributed by atoms with Gasteiger partial charge in [0.15, 0.2) is 0 Å². The Morgan fingerprint density at radius 1 is 1.00 bits per heavy atom. The van der Waals surface area contributed by atoms with Gasteiger partial charge in [0.2, 0.25) is 5.91 Å². The fourth-order valence-electron chi connectivity index (χ4n) is 4.50. The summed E-state index contributed by atoms with van der Waals surface area (Å²) in [6.07, 6.45) is 3.49. The highest BCUT2D eigenvalue weighted by Crippen LogP contribution is 2.29. The number of anilines is 1. The molecule has 1 aromatic heterocycles. The monoisotopic (exact) mass is 588 g/mol. The van der Waals surface area contributed by atoms with Crippen LogP contribution in [0.1, 0.15) is 37.4 Å². The summed E-state index contributed by atoms with van der Waals surface area (Å²) in [6.45, 7) is 1.89. The summed E-state index contributed by atoms with van der Waals surface area (Å²) in [5.74, 6) is -1.53. The third kappa shape index (κ3) is 6.29. The number of benzene rings is 3. The SMILES string of the molecule is Cc1ccc(S(=O)(=O)NC(=O)c2ccc(CN3C(=O)c4ccc(Cl)cc4NC(=O)[C@H]3Cc3cccnc3)cc2)cc1. The van der Waals surface area contributed by atoms with Crippen LogP contribution in [0, 0.1) is 6.92 Å². The topological polar surface area (TPSA) is 126 Å². The number of nitrogens with zero attached hydrogens (tertiary/aromatic N) is 2. The van der Waals surface area contributed by atoms with E-state index in [1.807, 2.05) is 13.0 Å². The first-order valence-electron chi connectivity index (χ1n) is 12.6. The molecule has 5 rings (SSSR count). The first-order chi connectivity index (χ1) is 19.6. The minimum atomic E-state index is -4.05. The molecule has 0 aliphatic carbocycles. The summed E-state index contributed by atoms with van der Waals surface area (Å²) in [5.41, 5.74) is 3.05. The maximum absolute atomic E-state index is 13.7.